The summed E-state index contributed by atoms with van der Waals surface area (Å²) in [5.41, 5.74) is 1.74. The Kier molecular flexibility index (Phi) is 3.94. The van der Waals surface area contributed by atoms with E-state index in [0.29, 0.717) is 10.5 Å². The number of fused-ring (bicyclic) bond motifs is 1. The van der Waals surface area contributed by atoms with Gasteiger partial charge >= 0.3 is 0 Å². The number of carbonyl (C=O) groups excluding carboxylic acids is 1. The van der Waals surface area contributed by atoms with E-state index in [9.17, 15) is 9.59 Å². The molecule has 0 aliphatic heterocycles. The Labute approximate surface area is 151 Å². The van der Waals surface area contributed by atoms with Crippen LogP contribution >= 0.6 is 11.6 Å². The van der Waals surface area contributed by atoms with Crippen molar-refractivity contribution in [1.29, 1.82) is 0 Å². The van der Waals surface area contributed by atoms with Crippen LogP contribution in [0.5, 0.6) is 0 Å². The Hall–Kier alpha value is -3.52. The van der Waals surface area contributed by atoms with Gasteiger partial charge in [-0.15, -0.1) is 5.10 Å². The number of hydrogen-bond donors (Lipinski definition) is 2. The van der Waals surface area contributed by atoms with Gasteiger partial charge in [0.2, 0.25) is 0 Å². The summed E-state index contributed by atoms with van der Waals surface area (Å²) < 4.78 is 1.43. The highest BCUT2D eigenvalue weighted by Gasteiger charge is 2.17. The molecule has 9 heteroatoms. The number of amides is 1. The van der Waals surface area contributed by atoms with Crippen LogP contribution in [0.3, 0.4) is 0 Å². The lowest BCUT2D eigenvalue weighted by atomic mass is 10.0. The number of halogens is 1. The van der Waals surface area contributed by atoms with Crippen LogP contribution in [-0.2, 0) is 0 Å². The van der Waals surface area contributed by atoms with Gasteiger partial charge in [-0.05, 0) is 41.1 Å². The largest absolute Gasteiger partial charge is 0.288 e. The van der Waals surface area contributed by atoms with Crippen LogP contribution < -0.4 is 10.9 Å². The molecule has 26 heavy (non-hydrogen) atoms. The molecule has 2 N–H and O–H groups in total. The number of tetrazole rings is 1. The molecular weight excluding hydrogens is 356 g/mol. The molecule has 0 atom stereocenters. The molecule has 4 rings (SSSR count). The summed E-state index contributed by atoms with van der Waals surface area (Å²) in [5.74, 6) is -0.634. The fourth-order valence-corrected chi connectivity index (χ4v) is 2.78. The Bertz CT molecular complexity index is 1150. The molecule has 0 saturated heterocycles. The van der Waals surface area contributed by atoms with Crippen molar-refractivity contribution >= 4 is 29.0 Å². The van der Waals surface area contributed by atoms with E-state index in [-0.39, 0.29) is 11.5 Å². The van der Waals surface area contributed by atoms with Crippen molar-refractivity contribution in [3.8, 4) is 11.1 Å². The smallest absolute Gasteiger partial charge is 0.270 e. The second-order valence-electron chi connectivity index (χ2n) is 5.43. The average molecular weight is 367 g/mol. The molecule has 1 aromatic carbocycles. The van der Waals surface area contributed by atoms with E-state index in [4.69, 9.17) is 11.6 Å². The molecule has 0 saturated carbocycles. The standard InChI is InChI=1S/C17H11ClN6O2/c18-11-6-4-10(5-7-11)12-9-13(15(25)19-17-20-22-23-21-17)16(26)24-8-2-1-3-14(12)24/h1-9H,(H2,19,20,21,22,23,25). The Morgan fingerprint density at radius 1 is 1.15 bits per heavy atom. The van der Waals surface area contributed by atoms with Crippen LogP contribution in [0.4, 0.5) is 5.95 Å². The Balaban J connectivity index is 1.91. The van der Waals surface area contributed by atoms with Crippen LogP contribution in [0.1, 0.15) is 10.4 Å². The van der Waals surface area contributed by atoms with E-state index in [2.05, 4.69) is 25.9 Å². The van der Waals surface area contributed by atoms with Crippen LogP contribution in [-0.4, -0.2) is 30.9 Å². The van der Waals surface area contributed by atoms with Gasteiger partial charge < -0.3 is 0 Å². The highest BCUT2D eigenvalue weighted by atomic mass is 35.5. The van der Waals surface area contributed by atoms with Gasteiger partial charge in [-0.1, -0.05) is 34.9 Å². The van der Waals surface area contributed by atoms with Gasteiger partial charge in [0.05, 0.1) is 5.52 Å². The number of H-pyrrole nitrogens is 1. The molecule has 8 nitrogen and oxygen atoms in total. The van der Waals surface area contributed by atoms with Gasteiger partial charge in [-0.25, -0.2) is 0 Å². The number of benzene rings is 1. The number of pyridine rings is 2. The summed E-state index contributed by atoms with van der Waals surface area (Å²) >= 11 is 5.96. The number of nitrogens with one attached hydrogen (secondary N) is 2. The first-order chi connectivity index (χ1) is 12.6. The zero-order valence-corrected chi connectivity index (χ0v) is 13.9. The third-order valence-corrected chi connectivity index (χ3v) is 4.10. The van der Waals surface area contributed by atoms with Crippen molar-refractivity contribution in [2.45, 2.75) is 0 Å². The summed E-state index contributed by atoms with van der Waals surface area (Å²) in [7, 11) is 0. The Morgan fingerprint density at radius 3 is 2.69 bits per heavy atom. The van der Waals surface area contributed by atoms with Gasteiger partial charge in [0.1, 0.15) is 5.56 Å². The summed E-state index contributed by atoms with van der Waals surface area (Å²) in [5, 5.41) is 16.0. The maximum atomic E-state index is 12.8. The van der Waals surface area contributed by atoms with E-state index < -0.39 is 11.5 Å². The molecule has 0 aliphatic rings. The van der Waals surface area contributed by atoms with Gasteiger partial charge in [0.15, 0.2) is 0 Å². The maximum absolute atomic E-state index is 12.8. The Morgan fingerprint density at radius 2 is 1.96 bits per heavy atom. The topological polar surface area (TPSA) is 105 Å². The quantitative estimate of drug-likeness (QED) is 0.579. The molecule has 0 aliphatic carbocycles. The molecule has 3 heterocycles. The monoisotopic (exact) mass is 366 g/mol. The minimum absolute atomic E-state index is 0.0133. The lowest BCUT2D eigenvalue weighted by Gasteiger charge is -2.11. The van der Waals surface area contributed by atoms with Gasteiger partial charge in [-0.3, -0.25) is 19.3 Å². The van der Waals surface area contributed by atoms with Crippen LogP contribution in [0.25, 0.3) is 16.6 Å². The summed E-state index contributed by atoms with van der Waals surface area (Å²) in [6.45, 7) is 0. The van der Waals surface area contributed by atoms with Crippen LogP contribution in [0.2, 0.25) is 5.02 Å². The summed E-state index contributed by atoms with van der Waals surface area (Å²) in [6.07, 6.45) is 1.61. The molecule has 4 aromatic rings. The lowest BCUT2D eigenvalue weighted by Crippen LogP contribution is -2.26. The zero-order valence-electron chi connectivity index (χ0n) is 13.2. The predicted octanol–water partition coefficient (Wildman–Crippen LogP) is 2.39. The van der Waals surface area contributed by atoms with Crippen molar-refractivity contribution in [3.05, 3.63) is 75.7 Å². The molecule has 0 spiro atoms. The van der Waals surface area contributed by atoms with Crippen LogP contribution in [0.15, 0.2) is 59.5 Å². The fourth-order valence-electron chi connectivity index (χ4n) is 2.66. The second-order valence-corrected chi connectivity index (χ2v) is 5.87. The molecule has 0 radical (unpaired) electrons. The van der Waals surface area contributed by atoms with Crippen molar-refractivity contribution in [2.75, 3.05) is 5.32 Å². The summed E-state index contributed by atoms with van der Waals surface area (Å²) in [6, 6.07) is 14.1. The maximum Gasteiger partial charge on any atom is 0.270 e. The van der Waals surface area contributed by atoms with E-state index in [1.165, 1.54) is 4.40 Å². The second kappa shape index (κ2) is 6.41. The van der Waals surface area contributed by atoms with Crippen LogP contribution in [0, 0.1) is 0 Å². The van der Waals surface area contributed by atoms with Crippen molar-refractivity contribution in [2.24, 2.45) is 0 Å². The molecule has 1 amide bonds. The van der Waals surface area contributed by atoms with Gasteiger partial charge in [0, 0.05) is 16.8 Å². The van der Waals surface area contributed by atoms with Crippen molar-refractivity contribution < 1.29 is 4.79 Å². The molecule has 0 unspecified atom stereocenters. The van der Waals surface area contributed by atoms with E-state index in [1.807, 2.05) is 24.3 Å². The van der Waals surface area contributed by atoms with Crippen molar-refractivity contribution in [1.82, 2.24) is 25.0 Å². The first-order valence-corrected chi connectivity index (χ1v) is 7.96. The van der Waals surface area contributed by atoms with Crippen molar-refractivity contribution in [3.63, 3.8) is 0 Å². The number of carbonyl (C=O) groups is 1. The van der Waals surface area contributed by atoms with E-state index in [0.717, 1.165) is 11.1 Å². The lowest BCUT2D eigenvalue weighted by molar-refractivity contribution is 0.102. The number of aromatic nitrogens is 5. The van der Waals surface area contributed by atoms with E-state index >= 15 is 0 Å². The van der Waals surface area contributed by atoms with E-state index in [1.54, 1.807) is 30.5 Å². The first-order valence-electron chi connectivity index (χ1n) is 7.58. The molecular formula is C17H11ClN6O2. The highest BCUT2D eigenvalue weighted by Crippen LogP contribution is 2.26. The third kappa shape index (κ3) is 2.82. The molecule has 3 aromatic heterocycles. The number of anilines is 1. The minimum atomic E-state index is -0.620. The molecule has 0 fully saturated rings. The highest BCUT2D eigenvalue weighted by molar-refractivity contribution is 6.30. The third-order valence-electron chi connectivity index (χ3n) is 3.84. The SMILES string of the molecule is O=C(Nc1nn[nH]n1)c1cc(-c2ccc(Cl)cc2)c2ccccn2c1=O. The minimum Gasteiger partial charge on any atom is -0.288 e. The number of aromatic amines is 1. The number of hydrogen-bond acceptors (Lipinski definition) is 5. The van der Waals surface area contributed by atoms with Gasteiger partial charge in [-0.2, -0.15) is 5.21 Å². The average Bonchev–Trinajstić information content (AvgIpc) is 3.16. The van der Waals surface area contributed by atoms with Gasteiger partial charge in [0.25, 0.3) is 17.4 Å². The summed E-state index contributed by atoms with van der Waals surface area (Å²) in [4.78, 5) is 25.3. The fraction of sp³-hybridized carbons (Fsp3) is 0. The molecule has 0 bridgehead atoms. The predicted molar refractivity (Wildman–Crippen MR) is 96.2 cm³/mol. The number of nitrogens with zero attached hydrogens (tertiary/aromatic N) is 4. The first kappa shape index (κ1) is 16.0. The zero-order chi connectivity index (χ0) is 18.1. The molecule has 128 valence electrons. The number of rotatable bonds is 3. The normalized spacial score (nSPS) is 10.8.